The summed E-state index contributed by atoms with van der Waals surface area (Å²) in [6, 6.07) is 5.18. The van der Waals surface area contributed by atoms with Gasteiger partial charge in [0.25, 0.3) is 0 Å². The first-order valence-electron chi connectivity index (χ1n) is 12.5. The van der Waals surface area contributed by atoms with E-state index in [1.54, 1.807) is 0 Å². The number of alkyl halides is 1. The summed E-state index contributed by atoms with van der Waals surface area (Å²) in [6.07, 6.45) is 21.7. The maximum atomic E-state index is 5.14. The van der Waals surface area contributed by atoms with Crippen LogP contribution in [0.15, 0.2) is 16.8 Å². The first kappa shape index (κ1) is 22.3. The van der Waals surface area contributed by atoms with Crippen LogP contribution in [0.1, 0.15) is 114 Å². The van der Waals surface area contributed by atoms with Gasteiger partial charge in [-0.15, -0.1) is 0 Å². The second kappa shape index (κ2) is 11.7. The zero-order valence-electron chi connectivity index (χ0n) is 18.4. The molecule has 2 fully saturated rings. The largest absolute Gasteiger partial charge is 0.380 e. The Morgan fingerprint density at radius 2 is 1.33 bits per heavy atom. The zero-order valence-corrected chi connectivity index (χ0v) is 20.5. The van der Waals surface area contributed by atoms with E-state index in [1.807, 2.05) is 0 Å². The van der Waals surface area contributed by atoms with Crippen molar-refractivity contribution in [1.82, 2.24) is 10.3 Å². The van der Waals surface area contributed by atoms with Crippen molar-refractivity contribution in [3.8, 4) is 0 Å². The third-order valence-corrected chi connectivity index (χ3v) is 8.47. The van der Waals surface area contributed by atoms with Gasteiger partial charge in [0.05, 0.1) is 5.69 Å². The minimum atomic E-state index is 0.547. The quantitative estimate of drug-likeness (QED) is 0.326. The molecule has 5 heteroatoms. The van der Waals surface area contributed by atoms with Crippen molar-refractivity contribution in [1.29, 1.82) is 0 Å². The number of anilines is 1. The molecule has 0 unspecified atom stereocenters. The molecule has 166 valence electrons. The molecule has 0 aliphatic heterocycles. The molecule has 0 atom stereocenters. The van der Waals surface area contributed by atoms with Gasteiger partial charge in [-0.05, 0) is 72.5 Å². The molecular weight excluding hydrogens is 485 g/mol. The summed E-state index contributed by atoms with van der Waals surface area (Å²) in [6.45, 7) is 0. The van der Waals surface area contributed by atoms with Crippen LogP contribution in [-0.4, -0.2) is 20.3 Å². The van der Waals surface area contributed by atoms with Crippen molar-refractivity contribution in [2.24, 2.45) is 0 Å². The summed E-state index contributed by atoms with van der Waals surface area (Å²) >= 11 is 2.60. The van der Waals surface area contributed by atoms with Crippen LogP contribution in [-0.2, 0) is 0 Å². The lowest BCUT2D eigenvalue weighted by molar-refractivity contribution is 0.315. The van der Waals surface area contributed by atoms with Gasteiger partial charge in [-0.25, -0.2) is 4.63 Å². The van der Waals surface area contributed by atoms with Gasteiger partial charge in [0, 0.05) is 9.97 Å². The lowest BCUT2D eigenvalue weighted by Gasteiger charge is -2.27. The van der Waals surface area contributed by atoms with E-state index in [4.69, 9.17) is 4.63 Å². The Morgan fingerprint density at radius 1 is 0.733 bits per heavy atom. The summed E-state index contributed by atoms with van der Waals surface area (Å²) in [5, 5.41) is 12.3. The summed E-state index contributed by atoms with van der Waals surface area (Å²) in [5.41, 5.74) is 4.40. The van der Waals surface area contributed by atoms with E-state index >= 15 is 0 Å². The topological polar surface area (TPSA) is 51.0 Å². The van der Waals surface area contributed by atoms with E-state index in [2.05, 4.69) is 50.4 Å². The second-order valence-corrected chi connectivity index (χ2v) is 11.4. The molecule has 30 heavy (non-hydrogen) atoms. The molecule has 1 aromatic carbocycles. The van der Waals surface area contributed by atoms with E-state index in [1.165, 1.54) is 108 Å². The fraction of sp³-hybridized carbons (Fsp3) is 0.760. The molecule has 1 N–H and O–H groups in total. The highest BCUT2D eigenvalue weighted by Gasteiger charge is 2.22. The number of hydrogen-bond donors (Lipinski definition) is 1. The van der Waals surface area contributed by atoms with Crippen molar-refractivity contribution >= 4 is 39.3 Å². The van der Waals surface area contributed by atoms with E-state index in [9.17, 15) is 0 Å². The smallest absolute Gasteiger partial charge is 0.158 e. The molecule has 4 nitrogen and oxygen atoms in total. The fourth-order valence-corrected chi connectivity index (χ4v) is 6.07. The van der Waals surface area contributed by atoms with Crippen molar-refractivity contribution in [2.75, 3.05) is 5.32 Å². The van der Waals surface area contributed by atoms with Crippen LogP contribution < -0.4 is 5.32 Å². The molecule has 2 saturated carbocycles. The van der Waals surface area contributed by atoms with E-state index in [-0.39, 0.29) is 0 Å². The number of halogens is 1. The van der Waals surface area contributed by atoms with Crippen LogP contribution >= 0.6 is 22.6 Å². The Morgan fingerprint density at radius 3 is 1.97 bits per heavy atom. The minimum absolute atomic E-state index is 0.547. The Hall–Kier alpha value is -0.850. The van der Waals surface area contributed by atoms with Gasteiger partial charge in [-0.3, -0.25) is 0 Å². The molecule has 0 radical (unpaired) electrons. The van der Waals surface area contributed by atoms with Crippen molar-refractivity contribution in [2.45, 2.75) is 119 Å². The van der Waals surface area contributed by atoms with Gasteiger partial charge < -0.3 is 5.32 Å². The van der Waals surface area contributed by atoms with Crippen molar-refractivity contribution in [3.05, 3.63) is 17.7 Å². The Bertz CT molecular complexity index is 755. The predicted molar refractivity (Wildman–Crippen MR) is 134 cm³/mol. The minimum Gasteiger partial charge on any atom is -0.380 e. The Labute approximate surface area is 195 Å². The summed E-state index contributed by atoms with van der Waals surface area (Å²) < 4.78 is 5.97. The average Bonchev–Trinajstić information content (AvgIpc) is 3.24. The van der Waals surface area contributed by atoms with Gasteiger partial charge >= 0.3 is 0 Å². The molecule has 0 spiro atoms. The van der Waals surface area contributed by atoms with Crippen molar-refractivity contribution in [3.63, 3.8) is 0 Å². The molecule has 0 bridgehead atoms. The molecular formula is C25H38IN3O. The monoisotopic (exact) mass is 523 g/mol. The highest BCUT2D eigenvalue weighted by molar-refractivity contribution is 14.1. The van der Waals surface area contributed by atoms with Crippen LogP contribution in [0, 0.1) is 0 Å². The summed E-state index contributed by atoms with van der Waals surface area (Å²) in [4.78, 5) is 0. The van der Waals surface area contributed by atoms with Gasteiger partial charge in [0.1, 0.15) is 5.52 Å². The predicted octanol–water partition coefficient (Wildman–Crippen LogP) is 8.16. The third kappa shape index (κ3) is 6.33. The Balaban J connectivity index is 1.50. The lowest BCUT2D eigenvalue weighted by Crippen LogP contribution is -2.26. The van der Waals surface area contributed by atoms with Crippen LogP contribution in [0.25, 0.3) is 11.0 Å². The van der Waals surface area contributed by atoms with Gasteiger partial charge in [0.15, 0.2) is 5.52 Å². The SMILES string of the molecule is I[C@H]1CC[C@@H](Nc2cc(C3CCCCCCCCCCCC3)cc3nonc23)CC1. The number of fused-ring (bicyclic) bond motifs is 1. The van der Waals surface area contributed by atoms with E-state index in [0.717, 1.165) is 20.6 Å². The number of aromatic nitrogens is 2. The van der Waals surface area contributed by atoms with Crippen LogP contribution in [0.5, 0.6) is 0 Å². The average molecular weight is 524 g/mol. The van der Waals surface area contributed by atoms with E-state index < -0.39 is 0 Å². The van der Waals surface area contributed by atoms with Crippen LogP contribution in [0.2, 0.25) is 0 Å². The highest BCUT2D eigenvalue weighted by Crippen LogP contribution is 2.35. The van der Waals surface area contributed by atoms with Gasteiger partial charge in [-0.1, -0.05) is 86.8 Å². The molecule has 4 rings (SSSR count). The van der Waals surface area contributed by atoms with Gasteiger partial charge in [0.2, 0.25) is 0 Å². The zero-order chi connectivity index (χ0) is 20.6. The number of benzene rings is 1. The van der Waals surface area contributed by atoms with Crippen LogP contribution in [0.3, 0.4) is 0 Å². The molecule has 0 amide bonds. The summed E-state index contributed by atoms with van der Waals surface area (Å²) in [7, 11) is 0. The lowest BCUT2D eigenvalue weighted by atomic mass is 9.87. The maximum absolute atomic E-state index is 5.14. The standard InChI is InChI=1S/C25H38IN3O/c26-21-13-15-22(16-14-21)27-23-17-20(18-24-25(23)29-30-28-24)19-11-9-7-5-3-1-2-4-6-8-10-12-19/h17-19,21-22,27H,1-16H2/t21-,22+. The second-order valence-electron chi connectivity index (χ2n) is 9.60. The summed E-state index contributed by atoms with van der Waals surface area (Å²) in [5.74, 6) is 0.637. The number of hydrogen-bond acceptors (Lipinski definition) is 4. The molecule has 2 aliphatic rings. The fourth-order valence-electron chi connectivity index (χ4n) is 5.35. The van der Waals surface area contributed by atoms with Crippen molar-refractivity contribution < 1.29 is 4.63 Å². The third-order valence-electron chi connectivity index (χ3n) is 7.23. The Kier molecular flexibility index (Phi) is 8.70. The van der Waals surface area contributed by atoms with Crippen LogP contribution in [0.4, 0.5) is 5.69 Å². The normalized spacial score (nSPS) is 25.9. The first-order chi connectivity index (χ1) is 14.8. The number of nitrogens with one attached hydrogen (secondary N) is 1. The highest BCUT2D eigenvalue weighted by atomic mass is 127. The van der Waals surface area contributed by atoms with E-state index in [0.29, 0.717) is 12.0 Å². The molecule has 0 saturated heterocycles. The first-order valence-corrected chi connectivity index (χ1v) is 13.7. The molecule has 2 aromatic rings. The van der Waals surface area contributed by atoms with Gasteiger partial charge in [-0.2, -0.15) is 0 Å². The maximum Gasteiger partial charge on any atom is 0.158 e. The number of rotatable bonds is 3. The molecule has 1 aromatic heterocycles. The number of nitrogens with zero attached hydrogens (tertiary/aromatic N) is 2. The molecule has 1 heterocycles. The molecule has 2 aliphatic carbocycles.